The normalized spacial score (nSPS) is 26.1. The van der Waals surface area contributed by atoms with Gasteiger partial charge in [-0.15, -0.1) is 0 Å². The van der Waals surface area contributed by atoms with Gasteiger partial charge in [-0.2, -0.15) is 0 Å². The van der Waals surface area contributed by atoms with Crippen LogP contribution in [0.2, 0.25) is 0 Å². The van der Waals surface area contributed by atoms with Crippen LogP contribution >= 0.6 is 0 Å². The van der Waals surface area contributed by atoms with Gasteiger partial charge in [0.2, 0.25) is 5.91 Å². The first-order valence-electron chi connectivity index (χ1n) is 8.98. The first-order chi connectivity index (χ1) is 11.2. The maximum atomic E-state index is 13.0. The summed E-state index contributed by atoms with van der Waals surface area (Å²) >= 11 is 0. The molecule has 3 nitrogen and oxygen atoms in total. The highest BCUT2D eigenvalue weighted by Gasteiger charge is 2.42. The van der Waals surface area contributed by atoms with Gasteiger partial charge in [0.15, 0.2) is 0 Å². The Morgan fingerprint density at radius 1 is 1.04 bits per heavy atom. The van der Waals surface area contributed by atoms with Crippen LogP contribution in [0.4, 0.5) is 4.39 Å². The van der Waals surface area contributed by atoms with Gasteiger partial charge in [0.1, 0.15) is 5.82 Å². The Morgan fingerprint density at radius 2 is 1.78 bits per heavy atom. The number of carbonyl (C=O) groups excluding carboxylic acids is 1. The number of amides is 1. The van der Waals surface area contributed by atoms with Crippen LogP contribution in [0.5, 0.6) is 0 Å². The summed E-state index contributed by atoms with van der Waals surface area (Å²) in [5, 5.41) is 0. The molecule has 4 rings (SSSR count). The van der Waals surface area contributed by atoms with Crippen molar-refractivity contribution >= 4 is 5.91 Å². The van der Waals surface area contributed by atoms with E-state index in [1.165, 1.54) is 31.4 Å². The first-order valence-corrected chi connectivity index (χ1v) is 8.98. The van der Waals surface area contributed by atoms with Gasteiger partial charge in [0.25, 0.3) is 0 Å². The first kappa shape index (κ1) is 15.1. The number of likely N-dealkylation sites (tertiary alicyclic amines) is 2. The van der Waals surface area contributed by atoms with Crippen molar-refractivity contribution in [2.45, 2.75) is 44.7 Å². The third-order valence-corrected chi connectivity index (χ3v) is 5.99. The fourth-order valence-corrected chi connectivity index (χ4v) is 4.23. The highest BCUT2D eigenvalue weighted by atomic mass is 19.1. The molecule has 3 aliphatic rings. The molecule has 3 fully saturated rings. The van der Waals surface area contributed by atoms with Gasteiger partial charge in [-0.25, -0.2) is 4.39 Å². The van der Waals surface area contributed by atoms with Crippen LogP contribution in [0.3, 0.4) is 0 Å². The molecule has 2 heterocycles. The van der Waals surface area contributed by atoms with E-state index in [1.54, 1.807) is 0 Å². The van der Waals surface area contributed by atoms with E-state index >= 15 is 0 Å². The summed E-state index contributed by atoms with van der Waals surface area (Å²) in [7, 11) is 0. The van der Waals surface area contributed by atoms with Crippen LogP contribution in [-0.4, -0.2) is 41.4 Å². The average Bonchev–Trinajstić information content (AvgIpc) is 2.90. The predicted octanol–water partition coefficient (Wildman–Crippen LogP) is 3.05. The second-order valence-corrected chi connectivity index (χ2v) is 7.45. The quantitative estimate of drug-likeness (QED) is 0.852. The topological polar surface area (TPSA) is 23.6 Å². The lowest BCUT2D eigenvalue weighted by molar-refractivity contribution is -0.145. The van der Waals surface area contributed by atoms with Crippen molar-refractivity contribution in [3.8, 4) is 0 Å². The molecule has 1 aromatic rings. The third kappa shape index (κ3) is 3.01. The Kier molecular flexibility index (Phi) is 4.10. The lowest BCUT2D eigenvalue weighted by Crippen LogP contribution is -2.58. The molecule has 124 valence electrons. The molecule has 4 heteroatoms. The molecule has 0 radical (unpaired) electrons. The van der Waals surface area contributed by atoms with E-state index in [-0.39, 0.29) is 11.9 Å². The molecule has 1 unspecified atom stereocenters. The molecule has 0 bridgehead atoms. The van der Waals surface area contributed by atoms with Gasteiger partial charge in [0, 0.05) is 19.6 Å². The summed E-state index contributed by atoms with van der Waals surface area (Å²) in [6.45, 7) is 3.67. The van der Waals surface area contributed by atoms with E-state index in [4.69, 9.17) is 0 Å². The Labute approximate surface area is 137 Å². The number of halogens is 1. The van der Waals surface area contributed by atoms with E-state index in [9.17, 15) is 9.18 Å². The predicted molar refractivity (Wildman–Crippen MR) is 87.2 cm³/mol. The van der Waals surface area contributed by atoms with Crippen molar-refractivity contribution in [2.24, 2.45) is 11.8 Å². The van der Waals surface area contributed by atoms with Gasteiger partial charge in [0.05, 0.1) is 6.04 Å². The van der Waals surface area contributed by atoms with Crippen LogP contribution in [0.25, 0.3) is 0 Å². The number of nitrogens with zero attached hydrogens (tertiary/aromatic N) is 2. The van der Waals surface area contributed by atoms with E-state index < -0.39 is 0 Å². The van der Waals surface area contributed by atoms with Crippen LogP contribution in [0.1, 0.15) is 37.7 Å². The Morgan fingerprint density at radius 3 is 2.43 bits per heavy atom. The smallest absolute Gasteiger partial charge is 0.239 e. The minimum Gasteiger partial charge on any atom is -0.341 e. The zero-order valence-corrected chi connectivity index (χ0v) is 13.6. The number of carbonyl (C=O) groups is 1. The van der Waals surface area contributed by atoms with Crippen molar-refractivity contribution in [3.63, 3.8) is 0 Å². The monoisotopic (exact) mass is 316 g/mol. The summed E-state index contributed by atoms with van der Waals surface area (Å²) in [5.74, 6) is 1.77. The van der Waals surface area contributed by atoms with Crippen molar-refractivity contribution in [2.75, 3.05) is 19.6 Å². The van der Waals surface area contributed by atoms with Crippen LogP contribution in [0, 0.1) is 17.7 Å². The average molecular weight is 316 g/mol. The summed E-state index contributed by atoms with van der Waals surface area (Å²) in [5.41, 5.74) is 1.09. The maximum absolute atomic E-state index is 13.0. The molecule has 0 spiro atoms. The maximum Gasteiger partial charge on any atom is 0.239 e. The van der Waals surface area contributed by atoms with Gasteiger partial charge >= 0.3 is 0 Å². The van der Waals surface area contributed by atoms with Gasteiger partial charge < -0.3 is 4.90 Å². The van der Waals surface area contributed by atoms with E-state index in [0.29, 0.717) is 5.91 Å². The van der Waals surface area contributed by atoms with Crippen LogP contribution in [0.15, 0.2) is 24.3 Å². The number of hydrogen-bond donors (Lipinski definition) is 0. The number of rotatable bonds is 4. The Bertz CT molecular complexity index is 563. The van der Waals surface area contributed by atoms with E-state index in [2.05, 4.69) is 9.80 Å². The number of hydrogen-bond acceptors (Lipinski definition) is 2. The van der Waals surface area contributed by atoms with Crippen molar-refractivity contribution < 1.29 is 9.18 Å². The van der Waals surface area contributed by atoms with E-state index in [1.807, 2.05) is 12.1 Å². The molecule has 1 aromatic carbocycles. The molecule has 23 heavy (non-hydrogen) atoms. The summed E-state index contributed by atoms with van der Waals surface area (Å²) in [4.78, 5) is 17.1. The van der Waals surface area contributed by atoms with Gasteiger partial charge in [-0.3, -0.25) is 9.69 Å². The molecule has 2 aliphatic heterocycles. The van der Waals surface area contributed by atoms with Crippen molar-refractivity contribution in [3.05, 3.63) is 35.6 Å². The largest absolute Gasteiger partial charge is 0.341 e. The second-order valence-electron chi connectivity index (χ2n) is 7.45. The molecule has 0 aromatic heterocycles. The highest BCUT2D eigenvalue weighted by molar-refractivity contribution is 5.83. The molecule has 1 saturated carbocycles. The highest BCUT2D eigenvalue weighted by Crippen LogP contribution is 2.38. The van der Waals surface area contributed by atoms with Gasteiger partial charge in [-0.05, 0) is 48.9 Å². The molecule has 0 N–H and O–H groups in total. The SMILES string of the molecule is O=C(C1CCCN1Cc1ccc(F)cc1)N1CC(C2CCC2)C1. The molecule has 1 atom stereocenters. The van der Waals surface area contributed by atoms with Crippen molar-refractivity contribution in [1.82, 2.24) is 9.80 Å². The fourth-order valence-electron chi connectivity index (χ4n) is 4.23. The van der Waals surface area contributed by atoms with E-state index in [0.717, 1.165) is 56.4 Å². The van der Waals surface area contributed by atoms with Crippen molar-refractivity contribution in [1.29, 1.82) is 0 Å². The van der Waals surface area contributed by atoms with Crippen LogP contribution < -0.4 is 0 Å². The zero-order chi connectivity index (χ0) is 15.8. The van der Waals surface area contributed by atoms with Gasteiger partial charge in [-0.1, -0.05) is 31.4 Å². The standard InChI is InChI=1S/C19H25FN2O/c20-17-8-6-14(7-9-17)11-21-10-2-5-18(21)19(23)22-12-16(13-22)15-3-1-4-15/h6-9,15-16,18H,1-5,10-13H2. The Hall–Kier alpha value is -1.42. The molecule has 1 amide bonds. The lowest BCUT2D eigenvalue weighted by Gasteiger charge is -2.47. The third-order valence-electron chi connectivity index (χ3n) is 5.99. The summed E-state index contributed by atoms with van der Waals surface area (Å²) < 4.78 is 13.0. The molecule has 1 aliphatic carbocycles. The summed E-state index contributed by atoms with van der Waals surface area (Å²) in [6.07, 6.45) is 6.16. The zero-order valence-electron chi connectivity index (χ0n) is 13.6. The molecular weight excluding hydrogens is 291 g/mol. The summed E-state index contributed by atoms with van der Waals surface area (Å²) in [6, 6.07) is 6.68. The second kappa shape index (κ2) is 6.23. The molecule has 2 saturated heterocycles. The Balaban J connectivity index is 1.34. The number of benzene rings is 1. The van der Waals surface area contributed by atoms with Crippen LogP contribution in [-0.2, 0) is 11.3 Å². The minimum atomic E-state index is -0.203. The molecular formula is C19H25FN2O. The lowest BCUT2D eigenvalue weighted by atomic mass is 9.72. The minimum absolute atomic E-state index is 0.0300. The fraction of sp³-hybridized carbons (Fsp3) is 0.632.